The van der Waals surface area contributed by atoms with Crippen molar-refractivity contribution in [2.24, 2.45) is 0 Å². The van der Waals surface area contributed by atoms with Gasteiger partial charge in [-0.2, -0.15) is 0 Å². The normalized spacial score (nSPS) is 11.3. The number of carbonyl (C=O) groups excluding carboxylic acids is 1. The Morgan fingerprint density at radius 3 is 1.84 bits per heavy atom. The first-order valence-corrected chi connectivity index (χ1v) is 8.08. The Labute approximate surface area is 147 Å². The summed E-state index contributed by atoms with van der Waals surface area (Å²) in [5.74, 6) is -1.74. The van der Waals surface area contributed by atoms with E-state index in [2.05, 4.69) is 0 Å². The van der Waals surface area contributed by atoms with E-state index in [0.29, 0.717) is 11.1 Å². The highest BCUT2D eigenvalue weighted by atomic mass is 16.7. The van der Waals surface area contributed by atoms with Crippen LogP contribution in [-0.4, -0.2) is 20.0 Å². The van der Waals surface area contributed by atoms with E-state index in [1.807, 2.05) is 72.8 Å². The van der Waals surface area contributed by atoms with Crippen LogP contribution in [0, 0.1) is 0 Å². The van der Waals surface area contributed by atoms with E-state index < -0.39 is 5.79 Å². The first-order valence-electron chi connectivity index (χ1n) is 8.08. The second kappa shape index (κ2) is 7.43. The zero-order valence-electron chi connectivity index (χ0n) is 14.3. The highest BCUT2D eigenvalue weighted by molar-refractivity contribution is 6.03. The van der Waals surface area contributed by atoms with Crippen molar-refractivity contribution in [1.82, 2.24) is 0 Å². The van der Waals surface area contributed by atoms with Crippen LogP contribution in [0.3, 0.4) is 0 Å². The van der Waals surface area contributed by atoms with Crippen molar-refractivity contribution in [3.05, 3.63) is 96.1 Å². The van der Waals surface area contributed by atoms with E-state index in [-0.39, 0.29) is 5.78 Å². The summed E-state index contributed by atoms with van der Waals surface area (Å²) in [7, 11) is 2.98. The number of ether oxygens (including phenoxy) is 2. The monoisotopic (exact) mass is 332 g/mol. The van der Waals surface area contributed by atoms with Crippen molar-refractivity contribution in [3.8, 4) is 11.1 Å². The average Bonchev–Trinajstić information content (AvgIpc) is 2.71. The zero-order valence-corrected chi connectivity index (χ0v) is 14.3. The maximum atomic E-state index is 13.3. The third-order valence-electron chi connectivity index (χ3n) is 4.28. The summed E-state index contributed by atoms with van der Waals surface area (Å²) in [6, 6.07) is 26.6. The van der Waals surface area contributed by atoms with Crippen LogP contribution in [0.2, 0.25) is 0 Å². The van der Waals surface area contributed by atoms with Gasteiger partial charge >= 0.3 is 0 Å². The van der Waals surface area contributed by atoms with Crippen molar-refractivity contribution in [1.29, 1.82) is 0 Å². The number of Topliss-reactive ketones (excluding diaryl/α,β-unsaturated/α-hetero) is 1. The molecule has 3 rings (SSSR count). The van der Waals surface area contributed by atoms with Gasteiger partial charge in [0.2, 0.25) is 5.78 Å². The molecule has 0 aromatic heterocycles. The first-order chi connectivity index (χ1) is 12.2. The third-order valence-corrected chi connectivity index (χ3v) is 4.28. The van der Waals surface area contributed by atoms with Crippen LogP contribution in [0.25, 0.3) is 11.1 Å². The fourth-order valence-corrected chi connectivity index (χ4v) is 3.03. The Bertz CT molecular complexity index is 837. The molecule has 0 spiro atoms. The van der Waals surface area contributed by atoms with Gasteiger partial charge in [0.25, 0.3) is 5.79 Å². The van der Waals surface area contributed by atoms with Gasteiger partial charge in [-0.25, -0.2) is 0 Å². The van der Waals surface area contributed by atoms with E-state index in [1.54, 1.807) is 12.1 Å². The number of hydrogen-bond donors (Lipinski definition) is 0. The molecule has 0 aliphatic heterocycles. The van der Waals surface area contributed by atoms with Crippen LogP contribution in [0.1, 0.15) is 15.9 Å². The summed E-state index contributed by atoms with van der Waals surface area (Å²) in [6.45, 7) is 0. The van der Waals surface area contributed by atoms with Crippen molar-refractivity contribution < 1.29 is 14.3 Å². The number of benzene rings is 3. The molecule has 0 amide bonds. The molecule has 3 heteroatoms. The van der Waals surface area contributed by atoms with Crippen molar-refractivity contribution in [2.75, 3.05) is 14.2 Å². The molecule has 0 heterocycles. The minimum Gasteiger partial charge on any atom is -0.343 e. The minimum absolute atomic E-state index is 0.235. The van der Waals surface area contributed by atoms with Gasteiger partial charge in [0.1, 0.15) is 0 Å². The number of carbonyl (C=O) groups is 1. The summed E-state index contributed by atoms with van der Waals surface area (Å²) in [6.07, 6.45) is 0. The van der Waals surface area contributed by atoms with Gasteiger partial charge in [-0.3, -0.25) is 4.79 Å². The highest BCUT2D eigenvalue weighted by Crippen LogP contribution is 2.37. The molecule has 126 valence electrons. The van der Waals surface area contributed by atoms with E-state index in [9.17, 15) is 4.79 Å². The lowest BCUT2D eigenvalue weighted by atomic mass is 9.89. The summed E-state index contributed by atoms with van der Waals surface area (Å²) in [5, 5.41) is 0. The van der Waals surface area contributed by atoms with Crippen molar-refractivity contribution >= 4 is 5.78 Å². The molecule has 0 saturated heterocycles. The molecular weight excluding hydrogens is 312 g/mol. The maximum Gasteiger partial charge on any atom is 0.261 e. The van der Waals surface area contributed by atoms with Crippen LogP contribution in [0.4, 0.5) is 0 Å². The second-order valence-electron chi connectivity index (χ2n) is 5.63. The molecule has 0 atom stereocenters. The molecule has 3 aromatic rings. The predicted molar refractivity (Wildman–Crippen MR) is 98.3 cm³/mol. The van der Waals surface area contributed by atoms with Crippen molar-refractivity contribution in [3.63, 3.8) is 0 Å². The molecule has 3 nitrogen and oxygen atoms in total. The van der Waals surface area contributed by atoms with Crippen molar-refractivity contribution in [2.45, 2.75) is 5.79 Å². The van der Waals surface area contributed by atoms with Gasteiger partial charge < -0.3 is 9.47 Å². The third kappa shape index (κ3) is 3.12. The molecule has 0 unspecified atom stereocenters. The Kier molecular flexibility index (Phi) is 5.08. The van der Waals surface area contributed by atoms with E-state index in [0.717, 1.165) is 11.1 Å². The summed E-state index contributed by atoms with van der Waals surface area (Å²) >= 11 is 0. The van der Waals surface area contributed by atoms with Crippen LogP contribution in [0.5, 0.6) is 0 Å². The van der Waals surface area contributed by atoms with E-state index >= 15 is 0 Å². The fourth-order valence-electron chi connectivity index (χ4n) is 3.03. The minimum atomic E-state index is -1.51. The van der Waals surface area contributed by atoms with Gasteiger partial charge in [0, 0.05) is 25.3 Å². The Morgan fingerprint density at radius 2 is 1.24 bits per heavy atom. The molecule has 0 aliphatic carbocycles. The standard InChI is InChI=1S/C22H20O3/c1-24-22(25-2,21(23)18-13-7-4-8-14-18)20-16-10-9-15-19(20)17-11-5-3-6-12-17/h3-16H,1-2H3. The predicted octanol–water partition coefficient (Wildman–Crippen LogP) is 4.68. The van der Waals surface area contributed by atoms with Gasteiger partial charge in [-0.15, -0.1) is 0 Å². The van der Waals surface area contributed by atoms with E-state index in [1.165, 1.54) is 14.2 Å². The van der Waals surface area contributed by atoms with Crippen LogP contribution >= 0.6 is 0 Å². The Morgan fingerprint density at radius 1 is 0.720 bits per heavy atom. The lowest BCUT2D eigenvalue weighted by Gasteiger charge is -2.31. The lowest BCUT2D eigenvalue weighted by molar-refractivity contribution is -0.176. The van der Waals surface area contributed by atoms with Gasteiger partial charge in [-0.1, -0.05) is 84.9 Å². The summed E-state index contributed by atoms with van der Waals surface area (Å²) in [4.78, 5) is 13.3. The van der Waals surface area contributed by atoms with Gasteiger partial charge in [0.05, 0.1) is 0 Å². The van der Waals surface area contributed by atoms with Gasteiger partial charge in [0.15, 0.2) is 0 Å². The smallest absolute Gasteiger partial charge is 0.261 e. The topological polar surface area (TPSA) is 35.5 Å². The van der Waals surface area contributed by atoms with Crippen LogP contribution < -0.4 is 0 Å². The molecule has 0 aliphatic rings. The number of ketones is 1. The molecule has 0 radical (unpaired) electrons. The quantitative estimate of drug-likeness (QED) is 0.485. The van der Waals surface area contributed by atoms with E-state index in [4.69, 9.17) is 9.47 Å². The highest BCUT2D eigenvalue weighted by Gasteiger charge is 2.43. The number of methoxy groups -OCH3 is 2. The van der Waals surface area contributed by atoms with Gasteiger partial charge in [-0.05, 0) is 11.1 Å². The molecule has 0 fully saturated rings. The summed E-state index contributed by atoms with van der Waals surface area (Å²) in [5.41, 5.74) is 3.11. The number of rotatable bonds is 6. The zero-order chi connectivity index (χ0) is 17.7. The Balaban J connectivity index is 2.19. The first kappa shape index (κ1) is 17.1. The molecule has 25 heavy (non-hydrogen) atoms. The molecular formula is C22H20O3. The molecule has 0 saturated carbocycles. The van der Waals surface area contributed by atoms with Crippen LogP contribution in [-0.2, 0) is 15.3 Å². The second-order valence-corrected chi connectivity index (χ2v) is 5.63. The SMILES string of the molecule is COC(OC)(C(=O)c1ccccc1)c1ccccc1-c1ccccc1. The largest absolute Gasteiger partial charge is 0.343 e. The number of hydrogen-bond acceptors (Lipinski definition) is 3. The average molecular weight is 332 g/mol. The molecule has 3 aromatic carbocycles. The molecule has 0 N–H and O–H groups in total. The van der Waals surface area contributed by atoms with Crippen LogP contribution in [0.15, 0.2) is 84.9 Å². The Hall–Kier alpha value is -2.75. The fraction of sp³-hybridized carbons (Fsp3) is 0.136. The molecule has 0 bridgehead atoms. The maximum absolute atomic E-state index is 13.3. The summed E-state index contributed by atoms with van der Waals surface area (Å²) < 4.78 is 11.4. The lowest BCUT2D eigenvalue weighted by Crippen LogP contribution is -2.40.